The molecule has 0 saturated carbocycles. The summed E-state index contributed by atoms with van der Waals surface area (Å²) in [5.74, 6) is -0.186. The summed E-state index contributed by atoms with van der Waals surface area (Å²) in [6, 6.07) is 9.31. The highest BCUT2D eigenvalue weighted by atomic mass is 32.1. The normalized spacial score (nSPS) is 12.5. The van der Waals surface area contributed by atoms with Crippen molar-refractivity contribution in [3.63, 3.8) is 0 Å². The van der Waals surface area contributed by atoms with Crippen molar-refractivity contribution in [3.05, 3.63) is 48.3 Å². The minimum Gasteiger partial charge on any atom is -0.392 e. The summed E-state index contributed by atoms with van der Waals surface area (Å²) < 4.78 is 2.90. The SMILES string of the molecule is C[C@H](O)CNC(=O)c1ccc2nc(-n3cccc3)sc2c1. The zero-order chi connectivity index (χ0) is 14.8. The maximum absolute atomic E-state index is 12.0. The van der Waals surface area contributed by atoms with Gasteiger partial charge in [-0.15, -0.1) is 0 Å². The van der Waals surface area contributed by atoms with E-state index in [0.717, 1.165) is 15.3 Å². The lowest BCUT2D eigenvalue weighted by molar-refractivity contribution is 0.0924. The van der Waals surface area contributed by atoms with Gasteiger partial charge in [-0.2, -0.15) is 0 Å². The lowest BCUT2D eigenvalue weighted by Gasteiger charge is -2.06. The summed E-state index contributed by atoms with van der Waals surface area (Å²) in [6.45, 7) is 1.88. The number of hydrogen-bond donors (Lipinski definition) is 2. The van der Waals surface area contributed by atoms with Gasteiger partial charge in [0.05, 0.1) is 16.3 Å². The number of aliphatic hydroxyl groups excluding tert-OH is 1. The third-order valence-corrected chi connectivity index (χ3v) is 4.05. The summed E-state index contributed by atoms with van der Waals surface area (Å²) in [6.07, 6.45) is 3.32. The average molecular weight is 301 g/mol. The second-order valence-electron chi connectivity index (χ2n) is 4.83. The van der Waals surface area contributed by atoms with E-state index in [1.54, 1.807) is 13.0 Å². The number of aliphatic hydroxyl groups is 1. The Morgan fingerprint density at radius 2 is 2.19 bits per heavy atom. The van der Waals surface area contributed by atoms with Crippen molar-refractivity contribution in [2.45, 2.75) is 13.0 Å². The van der Waals surface area contributed by atoms with Gasteiger partial charge in [0.1, 0.15) is 0 Å². The molecule has 0 aliphatic heterocycles. The Bertz CT molecular complexity index is 762. The van der Waals surface area contributed by atoms with E-state index in [0.29, 0.717) is 5.56 Å². The van der Waals surface area contributed by atoms with Gasteiger partial charge in [0, 0.05) is 24.5 Å². The highest BCUT2D eigenvalue weighted by molar-refractivity contribution is 7.20. The van der Waals surface area contributed by atoms with Gasteiger partial charge < -0.3 is 15.0 Å². The maximum atomic E-state index is 12.0. The van der Waals surface area contributed by atoms with Crippen molar-refractivity contribution >= 4 is 27.5 Å². The molecule has 3 rings (SSSR count). The number of aromatic nitrogens is 2. The molecular formula is C15H15N3O2S. The third-order valence-electron chi connectivity index (χ3n) is 3.02. The van der Waals surface area contributed by atoms with Crippen molar-refractivity contribution in [3.8, 4) is 5.13 Å². The van der Waals surface area contributed by atoms with Gasteiger partial charge in [-0.3, -0.25) is 4.79 Å². The number of benzene rings is 1. The molecule has 0 radical (unpaired) electrons. The van der Waals surface area contributed by atoms with Crippen LogP contribution in [0.3, 0.4) is 0 Å². The zero-order valence-electron chi connectivity index (χ0n) is 11.5. The largest absolute Gasteiger partial charge is 0.392 e. The number of nitrogens with zero attached hydrogens (tertiary/aromatic N) is 2. The van der Waals surface area contributed by atoms with Gasteiger partial charge >= 0.3 is 0 Å². The van der Waals surface area contributed by atoms with Crippen LogP contribution in [0, 0.1) is 0 Å². The van der Waals surface area contributed by atoms with Gasteiger partial charge in [-0.1, -0.05) is 11.3 Å². The van der Waals surface area contributed by atoms with E-state index in [9.17, 15) is 9.90 Å². The molecular weight excluding hydrogens is 286 g/mol. The second kappa shape index (κ2) is 5.67. The fourth-order valence-corrected chi connectivity index (χ4v) is 2.94. The first-order valence-corrected chi connectivity index (χ1v) is 7.45. The van der Waals surface area contributed by atoms with Crippen LogP contribution in [-0.2, 0) is 0 Å². The summed E-state index contributed by atoms with van der Waals surface area (Å²) >= 11 is 1.53. The molecule has 0 unspecified atom stereocenters. The predicted octanol–water partition coefficient (Wildman–Crippen LogP) is 2.20. The first-order valence-electron chi connectivity index (χ1n) is 6.63. The van der Waals surface area contributed by atoms with Crippen LogP contribution in [0.2, 0.25) is 0 Å². The minimum absolute atomic E-state index is 0.186. The number of rotatable bonds is 4. The zero-order valence-corrected chi connectivity index (χ0v) is 12.3. The van der Waals surface area contributed by atoms with E-state index in [1.807, 2.05) is 41.2 Å². The number of thiazole rings is 1. The first-order chi connectivity index (χ1) is 10.1. The van der Waals surface area contributed by atoms with Crippen LogP contribution >= 0.6 is 11.3 Å². The van der Waals surface area contributed by atoms with E-state index >= 15 is 0 Å². The standard InChI is InChI=1S/C15H15N3O2S/c1-10(19)9-16-14(20)11-4-5-12-13(8-11)21-15(17-12)18-6-2-3-7-18/h2-8,10,19H,9H2,1H3,(H,16,20)/t10-/m0/s1. The molecule has 1 atom stereocenters. The first kappa shape index (κ1) is 13.8. The summed E-state index contributed by atoms with van der Waals surface area (Å²) in [4.78, 5) is 16.5. The molecule has 1 amide bonds. The molecule has 0 saturated heterocycles. The number of nitrogens with one attached hydrogen (secondary N) is 1. The Kier molecular flexibility index (Phi) is 3.72. The van der Waals surface area contributed by atoms with Gasteiger partial charge in [-0.25, -0.2) is 4.98 Å². The van der Waals surface area contributed by atoms with Crippen LogP contribution in [0.15, 0.2) is 42.7 Å². The smallest absolute Gasteiger partial charge is 0.251 e. The van der Waals surface area contributed by atoms with E-state index in [4.69, 9.17) is 0 Å². The predicted molar refractivity (Wildman–Crippen MR) is 83.0 cm³/mol. The fourth-order valence-electron chi connectivity index (χ4n) is 1.97. The number of hydrogen-bond acceptors (Lipinski definition) is 4. The highest BCUT2D eigenvalue weighted by Gasteiger charge is 2.10. The van der Waals surface area contributed by atoms with Gasteiger partial charge in [0.25, 0.3) is 5.91 Å². The van der Waals surface area contributed by atoms with Crippen molar-refractivity contribution < 1.29 is 9.90 Å². The van der Waals surface area contributed by atoms with Crippen molar-refractivity contribution in [2.24, 2.45) is 0 Å². The van der Waals surface area contributed by atoms with Crippen LogP contribution in [0.25, 0.3) is 15.3 Å². The molecule has 3 aromatic rings. The molecule has 0 spiro atoms. The molecule has 21 heavy (non-hydrogen) atoms. The van der Waals surface area contributed by atoms with E-state index in [2.05, 4.69) is 10.3 Å². The lowest BCUT2D eigenvalue weighted by atomic mass is 10.2. The van der Waals surface area contributed by atoms with E-state index in [1.165, 1.54) is 11.3 Å². The van der Waals surface area contributed by atoms with Gasteiger partial charge in [0.2, 0.25) is 0 Å². The second-order valence-corrected chi connectivity index (χ2v) is 5.84. The van der Waals surface area contributed by atoms with E-state index in [-0.39, 0.29) is 12.5 Å². The number of amides is 1. The molecule has 6 heteroatoms. The van der Waals surface area contributed by atoms with Crippen LogP contribution < -0.4 is 5.32 Å². The summed E-state index contributed by atoms with van der Waals surface area (Å²) in [5.41, 5.74) is 1.45. The molecule has 0 aliphatic carbocycles. The molecule has 2 heterocycles. The molecule has 0 fully saturated rings. The van der Waals surface area contributed by atoms with Crippen molar-refractivity contribution in [1.29, 1.82) is 0 Å². The quantitative estimate of drug-likeness (QED) is 0.776. The Morgan fingerprint density at radius 1 is 1.43 bits per heavy atom. The van der Waals surface area contributed by atoms with Gasteiger partial charge in [-0.05, 0) is 37.3 Å². The Hall–Kier alpha value is -2.18. The van der Waals surface area contributed by atoms with Crippen LogP contribution in [-0.4, -0.2) is 33.2 Å². The molecule has 5 nitrogen and oxygen atoms in total. The number of carbonyl (C=O) groups excluding carboxylic acids is 1. The van der Waals surface area contributed by atoms with Crippen molar-refractivity contribution in [1.82, 2.24) is 14.9 Å². The minimum atomic E-state index is -0.554. The van der Waals surface area contributed by atoms with Crippen LogP contribution in [0.4, 0.5) is 0 Å². The Morgan fingerprint density at radius 3 is 2.90 bits per heavy atom. The van der Waals surface area contributed by atoms with E-state index < -0.39 is 6.10 Å². The molecule has 108 valence electrons. The summed E-state index contributed by atoms with van der Waals surface area (Å²) in [5, 5.41) is 12.8. The topological polar surface area (TPSA) is 67.2 Å². The van der Waals surface area contributed by atoms with Crippen molar-refractivity contribution in [2.75, 3.05) is 6.54 Å². The monoisotopic (exact) mass is 301 g/mol. The third kappa shape index (κ3) is 2.96. The van der Waals surface area contributed by atoms with Crippen LogP contribution in [0.1, 0.15) is 17.3 Å². The Balaban J connectivity index is 1.88. The average Bonchev–Trinajstić information content (AvgIpc) is 3.11. The molecule has 2 N–H and O–H groups in total. The van der Waals surface area contributed by atoms with Crippen LogP contribution in [0.5, 0.6) is 0 Å². The highest BCUT2D eigenvalue weighted by Crippen LogP contribution is 2.25. The van der Waals surface area contributed by atoms with Gasteiger partial charge in [0.15, 0.2) is 5.13 Å². The molecule has 0 bridgehead atoms. The Labute approximate surface area is 125 Å². The molecule has 1 aromatic carbocycles. The molecule has 2 aromatic heterocycles. The molecule has 0 aliphatic rings. The fraction of sp³-hybridized carbons (Fsp3) is 0.200. The maximum Gasteiger partial charge on any atom is 0.251 e. The lowest BCUT2D eigenvalue weighted by Crippen LogP contribution is -2.30. The number of fused-ring (bicyclic) bond motifs is 1. The number of carbonyl (C=O) groups is 1. The summed E-state index contributed by atoms with van der Waals surface area (Å²) in [7, 11) is 0.